The van der Waals surface area contributed by atoms with E-state index in [4.69, 9.17) is 9.47 Å². The predicted molar refractivity (Wildman–Crippen MR) is 115 cm³/mol. The minimum atomic E-state index is -0.392. The molecular weight excluding hydrogens is 436 g/mol. The molecule has 0 spiro atoms. The molecule has 0 saturated heterocycles. The molecule has 29 heavy (non-hydrogen) atoms. The third-order valence-electron chi connectivity index (χ3n) is 4.00. The van der Waals surface area contributed by atoms with Crippen LogP contribution in [0.4, 0.5) is 0 Å². The summed E-state index contributed by atoms with van der Waals surface area (Å²) in [5.41, 5.74) is 4.51. The Morgan fingerprint density at radius 3 is 2.72 bits per heavy atom. The van der Waals surface area contributed by atoms with E-state index in [1.54, 1.807) is 36.4 Å². The number of hydrogen-bond donors (Lipinski definition) is 2. The zero-order chi connectivity index (χ0) is 20.6. The Morgan fingerprint density at radius 1 is 1.10 bits per heavy atom. The van der Waals surface area contributed by atoms with Crippen LogP contribution in [-0.2, 0) is 6.61 Å². The molecule has 7 heteroatoms. The number of para-hydroxylation sites is 1. The number of carbonyl (C=O) groups is 1. The van der Waals surface area contributed by atoms with Crippen LogP contribution < -0.4 is 14.9 Å². The number of benzene rings is 3. The largest absolute Gasteiger partial charge is 0.504 e. The first-order chi connectivity index (χ1) is 14.1. The Kier molecular flexibility index (Phi) is 6.86. The van der Waals surface area contributed by atoms with Gasteiger partial charge >= 0.3 is 0 Å². The lowest BCUT2D eigenvalue weighted by Gasteiger charge is -2.10. The van der Waals surface area contributed by atoms with Crippen LogP contribution >= 0.6 is 15.9 Å². The number of rotatable bonds is 7. The molecule has 0 heterocycles. The molecule has 0 aliphatic heterocycles. The molecule has 0 aromatic heterocycles. The number of phenols is 1. The summed E-state index contributed by atoms with van der Waals surface area (Å²) in [6, 6.07) is 19.5. The van der Waals surface area contributed by atoms with Gasteiger partial charge in [0.05, 0.1) is 18.9 Å². The second kappa shape index (κ2) is 9.75. The number of hydrogen-bond acceptors (Lipinski definition) is 5. The summed E-state index contributed by atoms with van der Waals surface area (Å²) in [5.74, 6) is 0.431. The van der Waals surface area contributed by atoms with Gasteiger partial charge in [-0.25, -0.2) is 5.43 Å². The molecular formula is C22H19BrN2O4. The Hall–Kier alpha value is -3.32. The second-order valence-corrected chi connectivity index (χ2v) is 6.96. The van der Waals surface area contributed by atoms with Crippen LogP contribution in [-0.4, -0.2) is 24.3 Å². The molecule has 2 N–H and O–H groups in total. The topological polar surface area (TPSA) is 80.2 Å². The highest BCUT2D eigenvalue weighted by Crippen LogP contribution is 2.25. The van der Waals surface area contributed by atoms with Crippen molar-refractivity contribution in [2.24, 2.45) is 5.10 Å². The van der Waals surface area contributed by atoms with Gasteiger partial charge in [-0.2, -0.15) is 5.10 Å². The predicted octanol–water partition coefficient (Wildman–Crippen LogP) is 4.51. The van der Waals surface area contributed by atoms with E-state index in [1.165, 1.54) is 19.4 Å². The summed E-state index contributed by atoms with van der Waals surface area (Å²) < 4.78 is 11.8. The number of methoxy groups -OCH3 is 1. The molecule has 1 amide bonds. The first-order valence-corrected chi connectivity index (χ1v) is 9.53. The van der Waals surface area contributed by atoms with Crippen molar-refractivity contribution in [1.29, 1.82) is 0 Å². The van der Waals surface area contributed by atoms with Crippen LogP contribution in [0.15, 0.2) is 76.3 Å². The third kappa shape index (κ3) is 5.58. The summed E-state index contributed by atoms with van der Waals surface area (Å²) in [6.07, 6.45) is 1.46. The lowest BCUT2D eigenvalue weighted by molar-refractivity contribution is 0.0950. The highest BCUT2D eigenvalue weighted by atomic mass is 79.9. The van der Waals surface area contributed by atoms with Crippen molar-refractivity contribution in [3.63, 3.8) is 0 Å². The molecule has 6 nitrogen and oxygen atoms in total. The zero-order valence-electron chi connectivity index (χ0n) is 15.6. The second-order valence-electron chi connectivity index (χ2n) is 6.05. The molecule has 3 aromatic carbocycles. The van der Waals surface area contributed by atoms with Crippen molar-refractivity contribution in [2.75, 3.05) is 7.11 Å². The van der Waals surface area contributed by atoms with Crippen molar-refractivity contribution in [1.82, 2.24) is 5.43 Å². The van der Waals surface area contributed by atoms with E-state index >= 15 is 0 Å². The van der Waals surface area contributed by atoms with Gasteiger partial charge in [0.2, 0.25) is 0 Å². The standard InChI is InChI=1S/C22H19BrN2O4/c1-28-21-12-15(9-10-19(21)26)13-24-25-22(27)18-7-2-3-8-20(18)29-14-16-5-4-6-17(23)11-16/h2-13,26H,14H2,1H3,(H,25,27)/b24-13-. The van der Waals surface area contributed by atoms with Crippen LogP contribution in [0.2, 0.25) is 0 Å². The number of aromatic hydroxyl groups is 1. The molecule has 0 atom stereocenters. The van der Waals surface area contributed by atoms with Crippen molar-refractivity contribution < 1.29 is 19.4 Å². The molecule has 3 aromatic rings. The molecule has 0 saturated carbocycles. The number of nitrogens with one attached hydrogen (secondary N) is 1. The Balaban J connectivity index is 1.66. The highest BCUT2D eigenvalue weighted by Gasteiger charge is 2.11. The summed E-state index contributed by atoms with van der Waals surface area (Å²) >= 11 is 3.43. The highest BCUT2D eigenvalue weighted by molar-refractivity contribution is 9.10. The molecule has 148 valence electrons. The maximum absolute atomic E-state index is 12.5. The van der Waals surface area contributed by atoms with E-state index in [2.05, 4.69) is 26.5 Å². The summed E-state index contributed by atoms with van der Waals surface area (Å²) in [5, 5.41) is 13.6. The van der Waals surface area contributed by atoms with Gasteiger partial charge in [-0.15, -0.1) is 0 Å². The number of amides is 1. The third-order valence-corrected chi connectivity index (χ3v) is 4.49. The Bertz CT molecular complexity index is 1040. The number of halogens is 1. The molecule has 0 radical (unpaired) electrons. The van der Waals surface area contributed by atoms with Gasteiger partial charge in [0.25, 0.3) is 5.91 Å². The van der Waals surface area contributed by atoms with E-state index < -0.39 is 5.91 Å². The Labute approximate surface area is 176 Å². The van der Waals surface area contributed by atoms with Gasteiger partial charge in [0, 0.05) is 4.47 Å². The first-order valence-electron chi connectivity index (χ1n) is 8.73. The smallest absolute Gasteiger partial charge is 0.275 e. The van der Waals surface area contributed by atoms with Gasteiger partial charge in [-0.1, -0.05) is 40.2 Å². The first kappa shape index (κ1) is 20.4. The fourth-order valence-electron chi connectivity index (χ4n) is 2.57. The minimum absolute atomic E-state index is 0.0326. The lowest BCUT2D eigenvalue weighted by Crippen LogP contribution is -2.18. The molecule has 0 aliphatic carbocycles. The van der Waals surface area contributed by atoms with Gasteiger partial charge in [-0.05, 0) is 53.6 Å². The maximum atomic E-state index is 12.5. The van der Waals surface area contributed by atoms with Crippen molar-refractivity contribution in [3.05, 3.63) is 87.9 Å². The van der Waals surface area contributed by atoms with Crippen LogP contribution in [0.5, 0.6) is 17.2 Å². The van der Waals surface area contributed by atoms with Crippen LogP contribution in [0.25, 0.3) is 0 Å². The average Bonchev–Trinajstić information content (AvgIpc) is 2.73. The van der Waals surface area contributed by atoms with Gasteiger partial charge in [-0.3, -0.25) is 4.79 Å². The molecule has 0 unspecified atom stereocenters. The van der Waals surface area contributed by atoms with Crippen molar-refractivity contribution >= 4 is 28.1 Å². The zero-order valence-corrected chi connectivity index (χ0v) is 17.2. The fourth-order valence-corrected chi connectivity index (χ4v) is 3.01. The SMILES string of the molecule is COc1cc(/C=N\NC(=O)c2ccccc2OCc2cccc(Br)c2)ccc1O. The monoisotopic (exact) mass is 454 g/mol. The molecule has 0 aliphatic rings. The molecule has 0 bridgehead atoms. The fraction of sp³-hybridized carbons (Fsp3) is 0.0909. The van der Waals surface area contributed by atoms with Crippen LogP contribution in [0.1, 0.15) is 21.5 Å². The number of phenolic OH excluding ortho intramolecular Hbond substituents is 1. The van der Waals surface area contributed by atoms with E-state index in [1.807, 2.05) is 24.3 Å². The lowest BCUT2D eigenvalue weighted by atomic mass is 10.2. The van der Waals surface area contributed by atoms with E-state index in [9.17, 15) is 9.90 Å². The number of ether oxygens (including phenoxy) is 2. The van der Waals surface area contributed by atoms with Crippen LogP contribution in [0.3, 0.4) is 0 Å². The Morgan fingerprint density at radius 2 is 1.93 bits per heavy atom. The van der Waals surface area contributed by atoms with Gasteiger partial charge in [0.1, 0.15) is 12.4 Å². The van der Waals surface area contributed by atoms with E-state index in [0.29, 0.717) is 29.2 Å². The van der Waals surface area contributed by atoms with Crippen LogP contribution in [0, 0.1) is 0 Å². The normalized spacial score (nSPS) is 10.7. The summed E-state index contributed by atoms with van der Waals surface area (Å²) in [6.45, 7) is 0.334. The van der Waals surface area contributed by atoms with Gasteiger partial charge < -0.3 is 14.6 Å². The van der Waals surface area contributed by atoms with E-state index in [-0.39, 0.29) is 5.75 Å². The average molecular weight is 455 g/mol. The molecule has 3 rings (SSSR count). The quantitative estimate of drug-likeness (QED) is 0.406. The maximum Gasteiger partial charge on any atom is 0.275 e. The van der Waals surface area contributed by atoms with Crippen molar-refractivity contribution in [2.45, 2.75) is 6.61 Å². The van der Waals surface area contributed by atoms with E-state index in [0.717, 1.165) is 10.0 Å². The minimum Gasteiger partial charge on any atom is -0.504 e. The van der Waals surface area contributed by atoms with Crippen molar-refractivity contribution in [3.8, 4) is 17.2 Å². The number of nitrogens with zero attached hydrogens (tertiary/aromatic N) is 1. The summed E-state index contributed by atoms with van der Waals surface area (Å²) in [4.78, 5) is 12.5. The number of hydrazone groups is 1. The molecule has 0 fully saturated rings. The van der Waals surface area contributed by atoms with Gasteiger partial charge in [0.15, 0.2) is 11.5 Å². The summed E-state index contributed by atoms with van der Waals surface area (Å²) in [7, 11) is 1.46. The number of carbonyl (C=O) groups excluding carboxylic acids is 1.